The molecule has 2 N–H and O–H groups in total. The van der Waals surface area contributed by atoms with Crippen LogP contribution in [0.15, 0.2) is 0 Å². The molecular weight excluding hydrogens is 224 g/mol. The van der Waals surface area contributed by atoms with E-state index in [9.17, 15) is 9.59 Å². The number of rotatable bonds is 2. The number of methoxy groups -OCH3 is 1. The first-order valence-electron chi connectivity index (χ1n) is 5.56. The molecule has 1 aliphatic heterocycles. The van der Waals surface area contributed by atoms with Crippen LogP contribution in [0.2, 0.25) is 0 Å². The molecule has 1 rings (SSSR count). The molecule has 0 aliphatic carbocycles. The van der Waals surface area contributed by atoms with Crippen LogP contribution < -0.4 is 5.73 Å². The van der Waals surface area contributed by atoms with Crippen molar-refractivity contribution in [3.63, 3.8) is 0 Å². The summed E-state index contributed by atoms with van der Waals surface area (Å²) < 4.78 is 9.73. The van der Waals surface area contributed by atoms with E-state index in [-0.39, 0.29) is 12.0 Å². The molecule has 0 aromatic carbocycles. The predicted molar refractivity (Wildman–Crippen MR) is 61.3 cm³/mol. The van der Waals surface area contributed by atoms with E-state index in [0.29, 0.717) is 13.1 Å². The summed E-state index contributed by atoms with van der Waals surface area (Å²) in [5.41, 5.74) is 5.16. The molecule has 1 amide bonds. The molecule has 6 heteroatoms. The fourth-order valence-corrected chi connectivity index (χ4v) is 1.54. The molecule has 0 aromatic heterocycles. The Bertz CT molecular complexity index is 305. The molecule has 0 radical (unpaired) electrons. The predicted octanol–water partition coefficient (Wildman–Crippen LogP) is 0.354. The van der Waals surface area contributed by atoms with Gasteiger partial charge in [-0.2, -0.15) is 0 Å². The van der Waals surface area contributed by atoms with Gasteiger partial charge in [0.2, 0.25) is 0 Å². The Morgan fingerprint density at radius 1 is 1.35 bits per heavy atom. The van der Waals surface area contributed by atoms with E-state index in [4.69, 9.17) is 10.5 Å². The number of esters is 1. The number of amides is 1. The molecule has 1 aliphatic rings. The maximum absolute atomic E-state index is 11.6. The second kappa shape index (κ2) is 4.91. The zero-order valence-corrected chi connectivity index (χ0v) is 10.7. The molecule has 1 atom stereocenters. The van der Waals surface area contributed by atoms with Crippen LogP contribution in [0, 0.1) is 5.92 Å². The van der Waals surface area contributed by atoms with Gasteiger partial charge in [-0.1, -0.05) is 0 Å². The van der Waals surface area contributed by atoms with E-state index >= 15 is 0 Å². The first kappa shape index (κ1) is 13.8. The van der Waals surface area contributed by atoms with E-state index in [0.717, 1.165) is 0 Å². The lowest BCUT2D eigenvalue weighted by molar-refractivity contribution is -0.145. The van der Waals surface area contributed by atoms with Crippen molar-refractivity contribution in [1.82, 2.24) is 4.90 Å². The average molecular weight is 244 g/mol. The minimum Gasteiger partial charge on any atom is -0.468 e. The van der Waals surface area contributed by atoms with Crippen molar-refractivity contribution < 1.29 is 19.1 Å². The third-order valence-electron chi connectivity index (χ3n) is 2.54. The van der Waals surface area contributed by atoms with Gasteiger partial charge in [-0.25, -0.2) is 4.79 Å². The molecule has 1 saturated heterocycles. The molecule has 0 spiro atoms. The lowest BCUT2D eigenvalue weighted by Gasteiger charge is -2.41. The van der Waals surface area contributed by atoms with Gasteiger partial charge in [-0.15, -0.1) is 0 Å². The Kier molecular flexibility index (Phi) is 3.98. The number of nitrogens with two attached hydrogens (primary N) is 1. The Morgan fingerprint density at radius 3 is 2.29 bits per heavy atom. The summed E-state index contributed by atoms with van der Waals surface area (Å²) in [4.78, 5) is 24.3. The van der Waals surface area contributed by atoms with Crippen LogP contribution in [0.5, 0.6) is 0 Å². The standard InChI is InChI=1S/C11H20N2O4/c1-11(2,3)17-10(15)13-5-7(6-13)8(12)9(14)16-4/h7-8H,5-6,12H2,1-4H3. The summed E-state index contributed by atoms with van der Waals surface area (Å²) in [6.45, 7) is 6.30. The maximum atomic E-state index is 11.6. The minimum atomic E-state index is -0.668. The summed E-state index contributed by atoms with van der Waals surface area (Å²) >= 11 is 0. The summed E-state index contributed by atoms with van der Waals surface area (Å²) in [5, 5.41) is 0. The molecule has 6 nitrogen and oxygen atoms in total. The van der Waals surface area contributed by atoms with Gasteiger partial charge in [0.05, 0.1) is 7.11 Å². The Labute approximate surface area is 101 Å². The van der Waals surface area contributed by atoms with Gasteiger partial charge in [0.15, 0.2) is 0 Å². The van der Waals surface area contributed by atoms with Crippen LogP contribution in [0.1, 0.15) is 20.8 Å². The molecule has 1 fully saturated rings. The lowest BCUT2D eigenvalue weighted by Crippen LogP contribution is -2.59. The fourth-order valence-electron chi connectivity index (χ4n) is 1.54. The highest BCUT2D eigenvalue weighted by Crippen LogP contribution is 2.21. The van der Waals surface area contributed by atoms with Crippen LogP contribution in [-0.4, -0.2) is 48.8 Å². The van der Waals surface area contributed by atoms with Crippen LogP contribution in [0.4, 0.5) is 4.79 Å². The topological polar surface area (TPSA) is 81.9 Å². The van der Waals surface area contributed by atoms with Crippen molar-refractivity contribution in [2.45, 2.75) is 32.4 Å². The quantitative estimate of drug-likeness (QED) is 0.709. The van der Waals surface area contributed by atoms with Crippen molar-refractivity contribution in [2.75, 3.05) is 20.2 Å². The van der Waals surface area contributed by atoms with Crippen LogP contribution in [0.3, 0.4) is 0 Å². The van der Waals surface area contributed by atoms with Crippen molar-refractivity contribution in [2.24, 2.45) is 11.7 Å². The van der Waals surface area contributed by atoms with E-state index in [1.165, 1.54) is 12.0 Å². The van der Waals surface area contributed by atoms with E-state index in [1.807, 2.05) is 20.8 Å². The monoisotopic (exact) mass is 244 g/mol. The maximum Gasteiger partial charge on any atom is 0.410 e. The highest BCUT2D eigenvalue weighted by atomic mass is 16.6. The van der Waals surface area contributed by atoms with Crippen LogP contribution in [-0.2, 0) is 14.3 Å². The van der Waals surface area contributed by atoms with Crippen molar-refractivity contribution in [3.05, 3.63) is 0 Å². The molecule has 0 bridgehead atoms. The Balaban J connectivity index is 2.37. The molecule has 1 unspecified atom stereocenters. The summed E-state index contributed by atoms with van der Waals surface area (Å²) in [6, 6.07) is -0.668. The molecule has 0 aromatic rings. The van der Waals surface area contributed by atoms with Gasteiger partial charge in [-0.3, -0.25) is 4.79 Å². The van der Waals surface area contributed by atoms with Crippen LogP contribution >= 0.6 is 0 Å². The van der Waals surface area contributed by atoms with Gasteiger partial charge in [0, 0.05) is 19.0 Å². The number of hydrogen-bond acceptors (Lipinski definition) is 5. The van der Waals surface area contributed by atoms with E-state index < -0.39 is 17.6 Å². The highest BCUT2D eigenvalue weighted by molar-refractivity contribution is 5.77. The average Bonchev–Trinajstić information content (AvgIpc) is 2.10. The lowest BCUT2D eigenvalue weighted by atomic mass is 9.92. The first-order chi connectivity index (χ1) is 7.74. The third kappa shape index (κ3) is 3.59. The van der Waals surface area contributed by atoms with Crippen molar-refractivity contribution in [3.8, 4) is 0 Å². The summed E-state index contributed by atoms with van der Waals surface area (Å²) in [7, 11) is 1.30. The Morgan fingerprint density at radius 2 is 1.88 bits per heavy atom. The normalized spacial score (nSPS) is 18.3. The second-order valence-corrected chi connectivity index (χ2v) is 5.19. The third-order valence-corrected chi connectivity index (χ3v) is 2.54. The summed E-state index contributed by atoms with van der Waals surface area (Å²) in [5.74, 6) is -0.492. The van der Waals surface area contributed by atoms with Gasteiger partial charge < -0.3 is 20.1 Å². The van der Waals surface area contributed by atoms with Gasteiger partial charge in [-0.05, 0) is 20.8 Å². The highest BCUT2D eigenvalue weighted by Gasteiger charge is 2.39. The largest absolute Gasteiger partial charge is 0.468 e. The number of carbonyl (C=O) groups excluding carboxylic acids is 2. The fraction of sp³-hybridized carbons (Fsp3) is 0.818. The first-order valence-corrected chi connectivity index (χ1v) is 5.56. The minimum absolute atomic E-state index is 0.0463. The second-order valence-electron chi connectivity index (χ2n) is 5.19. The number of ether oxygens (including phenoxy) is 2. The number of carbonyl (C=O) groups is 2. The summed E-state index contributed by atoms with van der Waals surface area (Å²) in [6.07, 6.45) is -0.370. The molecule has 0 saturated carbocycles. The molecule has 1 heterocycles. The molecule has 98 valence electrons. The van der Waals surface area contributed by atoms with Crippen molar-refractivity contribution >= 4 is 12.1 Å². The van der Waals surface area contributed by atoms with Gasteiger partial charge >= 0.3 is 12.1 Å². The Hall–Kier alpha value is -1.30. The van der Waals surface area contributed by atoms with Gasteiger partial charge in [0.25, 0.3) is 0 Å². The number of likely N-dealkylation sites (tertiary alicyclic amines) is 1. The molecule has 17 heavy (non-hydrogen) atoms. The zero-order chi connectivity index (χ0) is 13.2. The molecular formula is C11H20N2O4. The van der Waals surface area contributed by atoms with E-state index in [1.54, 1.807) is 0 Å². The smallest absolute Gasteiger partial charge is 0.410 e. The number of nitrogens with zero attached hydrogens (tertiary/aromatic N) is 1. The van der Waals surface area contributed by atoms with Gasteiger partial charge in [0.1, 0.15) is 11.6 Å². The number of hydrogen-bond donors (Lipinski definition) is 1. The van der Waals surface area contributed by atoms with Crippen LogP contribution in [0.25, 0.3) is 0 Å². The zero-order valence-electron chi connectivity index (χ0n) is 10.7. The van der Waals surface area contributed by atoms with Crippen molar-refractivity contribution in [1.29, 1.82) is 0 Å². The SMILES string of the molecule is COC(=O)C(N)C1CN(C(=O)OC(C)(C)C)C1. The van der Waals surface area contributed by atoms with E-state index in [2.05, 4.69) is 4.74 Å².